The first-order valence-electron chi connectivity index (χ1n) is 7.87. The highest BCUT2D eigenvalue weighted by atomic mass is 16.7. The average molecular weight is 356 g/mol. The van der Waals surface area contributed by atoms with Gasteiger partial charge in [-0.15, -0.1) is 0 Å². The minimum absolute atomic E-state index is 0.131. The molecular formula is C18H16N2O6. The molecule has 2 aromatic carbocycles. The van der Waals surface area contributed by atoms with Crippen LogP contribution >= 0.6 is 0 Å². The first-order chi connectivity index (χ1) is 12.6. The van der Waals surface area contributed by atoms with Crippen molar-refractivity contribution in [3.05, 3.63) is 64.4 Å². The van der Waals surface area contributed by atoms with Crippen molar-refractivity contribution < 1.29 is 23.9 Å². The van der Waals surface area contributed by atoms with E-state index in [0.717, 1.165) is 0 Å². The van der Waals surface area contributed by atoms with Crippen molar-refractivity contribution in [3.63, 3.8) is 0 Å². The largest absolute Gasteiger partial charge is 0.494 e. The summed E-state index contributed by atoms with van der Waals surface area (Å²) in [6, 6.07) is 9.35. The lowest BCUT2D eigenvalue weighted by Gasteiger charge is -2.06. The third-order valence-corrected chi connectivity index (χ3v) is 3.61. The van der Waals surface area contributed by atoms with Crippen LogP contribution in [0.15, 0.2) is 48.7 Å². The molecule has 1 heterocycles. The van der Waals surface area contributed by atoms with Gasteiger partial charge in [-0.1, -0.05) is 0 Å². The minimum Gasteiger partial charge on any atom is -0.494 e. The van der Waals surface area contributed by atoms with Crippen molar-refractivity contribution in [1.29, 1.82) is 0 Å². The smallest absolute Gasteiger partial charge is 0.296 e. The van der Waals surface area contributed by atoms with Crippen LogP contribution in [0.25, 0.3) is 0 Å². The SMILES string of the molecule is CCOc1ccc(N/C=C\C(=O)c2ccc3c(c2)OCO3)c([N+](=O)[O-])c1. The predicted octanol–water partition coefficient (Wildman–Crippen LogP) is 3.53. The van der Waals surface area contributed by atoms with Crippen LogP contribution in [0, 0.1) is 10.1 Å². The first kappa shape index (κ1) is 17.3. The van der Waals surface area contributed by atoms with Crippen molar-refractivity contribution in [2.45, 2.75) is 6.92 Å². The van der Waals surface area contributed by atoms with Crippen molar-refractivity contribution >= 4 is 17.2 Å². The van der Waals surface area contributed by atoms with E-state index in [9.17, 15) is 14.9 Å². The number of nitro benzene ring substituents is 1. The molecular weight excluding hydrogens is 340 g/mol. The Morgan fingerprint density at radius 1 is 1.27 bits per heavy atom. The summed E-state index contributed by atoms with van der Waals surface area (Å²) in [5, 5.41) is 14.0. The lowest BCUT2D eigenvalue weighted by Crippen LogP contribution is -2.00. The molecule has 3 rings (SSSR count). The summed E-state index contributed by atoms with van der Waals surface area (Å²) in [6.07, 6.45) is 2.65. The number of nitro groups is 1. The summed E-state index contributed by atoms with van der Waals surface area (Å²) in [4.78, 5) is 22.9. The summed E-state index contributed by atoms with van der Waals surface area (Å²) in [6.45, 7) is 2.34. The fraction of sp³-hybridized carbons (Fsp3) is 0.167. The van der Waals surface area contributed by atoms with Crippen molar-refractivity contribution in [2.24, 2.45) is 0 Å². The second-order valence-corrected chi connectivity index (χ2v) is 5.28. The molecule has 1 aliphatic heterocycles. The summed E-state index contributed by atoms with van der Waals surface area (Å²) in [5.41, 5.74) is 0.540. The van der Waals surface area contributed by atoms with Gasteiger partial charge in [0.25, 0.3) is 5.69 Å². The molecule has 0 radical (unpaired) electrons. The number of carbonyl (C=O) groups is 1. The van der Waals surface area contributed by atoms with E-state index in [-0.39, 0.29) is 24.0 Å². The van der Waals surface area contributed by atoms with Crippen LogP contribution < -0.4 is 19.5 Å². The van der Waals surface area contributed by atoms with E-state index in [1.54, 1.807) is 31.2 Å². The number of ether oxygens (including phenoxy) is 3. The van der Waals surface area contributed by atoms with Gasteiger partial charge < -0.3 is 19.5 Å². The van der Waals surface area contributed by atoms with Gasteiger partial charge >= 0.3 is 0 Å². The number of allylic oxidation sites excluding steroid dienone is 1. The van der Waals surface area contributed by atoms with Crippen LogP contribution in [0.5, 0.6) is 17.2 Å². The quantitative estimate of drug-likeness (QED) is 0.350. The zero-order valence-electron chi connectivity index (χ0n) is 13.9. The van der Waals surface area contributed by atoms with Gasteiger partial charge in [0, 0.05) is 17.8 Å². The fourth-order valence-corrected chi connectivity index (χ4v) is 2.39. The molecule has 2 aromatic rings. The minimum atomic E-state index is -0.516. The van der Waals surface area contributed by atoms with E-state index < -0.39 is 4.92 Å². The Hall–Kier alpha value is -3.55. The molecule has 0 aromatic heterocycles. The number of nitrogens with one attached hydrogen (secondary N) is 1. The Morgan fingerprint density at radius 2 is 2.08 bits per heavy atom. The maximum Gasteiger partial charge on any atom is 0.296 e. The molecule has 26 heavy (non-hydrogen) atoms. The van der Waals surface area contributed by atoms with Crippen molar-refractivity contribution in [3.8, 4) is 17.2 Å². The maximum absolute atomic E-state index is 12.2. The number of nitrogens with zero attached hydrogens (tertiary/aromatic N) is 1. The lowest BCUT2D eigenvalue weighted by atomic mass is 10.1. The molecule has 0 unspecified atom stereocenters. The van der Waals surface area contributed by atoms with Gasteiger partial charge in [0.1, 0.15) is 11.4 Å². The molecule has 0 bridgehead atoms. The number of anilines is 1. The van der Waals surface area contributed by atoms with E-state index in [0.29, 0.717) is 29.4 Å². The van der Waals surface area contributed by atoms with Gasteiger partial charge in [-0.2, -0.15) is 0 Å². The van der Waals surface area contributed by atoms with Gasteiger partial charge in [0.15, 0.2) is 17.3 Å². The summed E-state index contributed by atoms with van der Waals surface area (Å²) in [7, 11) is 0. The van der Waals surface area contributed by atoms with E-state index >= 15 is 0 Å². The summed E-state index contributed by atoms with van der Waals surface area (Å²) < 4.78 is 15.7. The van der Waals surface area contributed by atoms with Crippen LogP contribution in [0.4, 0.5) is 11.4 Å². The van der Waals surface area contributed by atoms with E-state index in [1.807, 2.05) is 0 Å². The predicted molar refractivity (Wildman–Crippen MR) is 93.9 cm³/mol. The van der Waals surface area contributed by atoms with Crippen LogP contribution in [-0.2, 0) is 0 Å². The van der Waals surface area contributed by atoms with Crippen LogP contribution in [0.2, 0.25) is 0 Å². The first-order valence-corrected chi connectivity index (χ1v) is 7.87. The van der Waals surface area contributed by atoms with Gasteiger partial charge in [-0.05, 0) is 37.3 Å². The van der Waals surface area contributed by atoms with E-state index in [1.165, 1.54) is 24.4 Å². The number of benzene rings is 2. The number of ketones is 1. The van der Waals surface area contributed by atoms with Gasteiger partial charge in [0.2, 0.25) is 6.79 Å². The Labute approximate surface area is 149 Å². The Morgan fingerprint density at radius 3 is 2.85 bits per heavy atom. The number of fused-ring (bicyclic) bond motifs is 1. The molecule has 0 aliphatic carbocycles. The highest BCUT2D eigenvalue weighted by Gasteiger charge is 2.16. The number of carbonyl (C=O) groups excluding carboxylic acids is 1. The second-order valence-electron chi connectivity index (χ2n) is 5.28. The molecule has 0 fully saturated rings. The molecule has 8 nitrogen and oxygen atoms in total. The zero-order valence-corrected chi connectivity index (χ0v) is 13.9. The number of rotatable bonds is 7. The van der Waals surface area contributed by atoms with Crippen LogP contribution in [-0.4, -0.2) is 24.1 Å². The standard InChI is InChI=1S/C18H16N2O6/c1-2-24-13-4-5-14(15(10-13)20(22)23)19-8-7-16(21)12-3-6-17-18(9-12)26-11-25-17/h3-10,19H,2,11H2,1H3/b8-7-. The van der Waals surface area contributed by atoms with Crippen LogP contribution in [0.3, 0.4) is 0 Å². The molecule has 0 saturated heterocycles. The van der Waals surface area contributed by atoms with Crippen LogP contribution in [0.1, 0.15) is 17.3 Å². The van der Waals surface area contributed by atoms with Gasteiger partial charge in [-0.25, -0.2) is 0 Å². The topological polar surface area (TPSA) is 99.9 Å². The molecule has 134 valence electrons. The Balaban J connectivity index is 1.71. The third kappa shape index (κ3) is 3.75. The fourth-order valence-electron chi connectivity index (χ4n) is 2.39. The number of hydrogen-bond donors (Lipinski definition) is 1. The molecule has 0 atom stereocenters. The molecule has 1 N–H and O–H groups in total. The molecule has 0 spiro atoms. The third-order valence-electron chi connectivity index (χ3n) is 3.61. The van der Waals surface area contributed by atoms with Gasteiger partial charge in [0.05, 0.1) is 17.6 Å². The summed E-state index contributed by atoms with van der Waals surface area (Å²) in [5.74, 6) is 1.24. The normalized spacial score (nSPS) is 12.2. The maximum atomic E-state index is 12.2. The molecule has 0 amide bonds. The highest BCUT2D eigenvalue weighted by Crippen LogP contribution is 2.33. The average Bonchev–Trinajstić information content (AvgIpc) is 3.10. The van der Waals surface area contributed by atoms with Crippen molar-refractivity contribution in [2.75, 3.05) is 18.7 Å². The number of hydrogen-bond acceptors (Lipinski definition) is 7. The molecule has 8 heteroatoms. The second kappa shape index (κ2) is 7.56. The highest BCUT2D eigenvalue weighted by molar-refractivity contribution is 6.05. The van der Waals surface area contributed by atoms with E-state index in [4.69, 9.17) is 14.2 Å². The van der Waals surface area contributed by atoms with Crippen molar-refractivity contribution in [1.82, 2.24) is 0 Å². The monoisotopic (exact) mass is 356 g/mol. The molecule has 0 saturated carbocycles. The van der Waals surface area contributed by atoms with E-state index in [2.05, 4.69) is 5.32 Å². The Bertz CT molecular complexity index is 878. The lowest BCUT2D eigenvalue weighted by molar-refractivity contribution is -0.384. The Kier molecular flexibility index (Phi) is 5.02. The summed E-state index contributed by atoms with van der Waals surface area (Å²) >= 11 is 0. The zero-order chi connectivity index (χ0) is 18.5. The van der Waals surface area contributed by atoms with Gasteiger partial charge in [-0.3, -0.25) is 14.9 Å². The molecule has 1 aliphatic rings.